The van der Waals surface area contributed by atoms with Crippen molar-refractivity contribution < 1.29 is 17.9 Å². The predicted molar refractivity (Wildman–Crippen MR) is 114 cm³/mol. The summed E-state index contributed by atoms with van der Waals surface area (Å²) in [6.45, 7) is 0.860. The van der Waals surface area contributed by atoms with Gasteiger partial charge >= 0.3 is 6.36 Å². The highest BCUT2D eigenvalue weighted by Gasteiger charge is 2.31. The summed E-state index contributed by atoms with van der Waals surface area (Å²) in [4.78, 5) is 8.26. The van der Waals surface area contributed by atoms with E-state index >= 15 is 0 Å². The second kappa shape index (κ2) is 12.3. The molecule has 11 heteroatoms. The molecule has 0 atom stereocenters. The molecule has 0 amide bonds. The van der Waals surface area contributed by atoms with Gasteiger partial charge < -0.3 is 15.4 Å². The zero-order valence-corrected chi connectivity index (χ0v) is 18.4. The number of hydrogen-bond donors (Lipinski definition) is 2. The van der Waals surface area contributed by atoms with Gasteiger partial charge in [-0.05, 0) is 12.5 Å². The van der Waals surface area contributed by atoms with E-state index in [2.05, 4.69) is 25.3 Å². The largest absolute Gasteiger partial charge is 0.573 e. The minimum absolute atomic E-state index is 0. The average Bonchev–Trinajstić information content (AvgIpc) is 3.10. The monoisotopic (exact) mass is 532 g/mol. The Kier molecular flexibility index (Phi) is 10.8. The lowest BCUT2D eigenvalue weighted by Crippen LogP contribution is -2.37. The molecule has 0 saturated heterocycles. The molecule has 0 aliphatic heterocycles. The van der Waals surface area contributed by atoms with Gasteiger partial charge in [0.05, 0.1) is 0 Å². The molecular formula is C16H20F3IN4OS2. The minimum Gasteiger partial charge on any atom is -0.405 e. The van der Waals surface area contributed by atoms with Crippen LogP contribution in [-0.2, 0) is 6.54 Å². The number of benzene rings is 1. The van der Waals surface area contributed by atoms with Crippen molar-refractivity contribution in [2.75, 3.05) is 19.3 Å². The van der Waals surface area contributed by atoms with Crippen LogP contribution < -0.4 is 15.4 Å². The molecule has 0 fully saturated rings. The van der Waals surface area contributed by atoms with Crippen molar-refractivity contribution in [1.82, 2.24) is 15.6 Å². The fourth-order valence-electron chi connectivity index (χ4n) is 1.99. The van der Waals surface area contributed by atoms with Gasteiger partial charge in [0.1, 0.15) is 10.1 Å². The summed E-state index contributed by atoms with van der Waals surface area (Å²) >= 11 is 3.29. The summed E-state index contributed by atoms with van der Waals surface area (Å²) in [5, 5.41) is 8.06. The Morgan fingerprint density at radius 1 is 1.30 bits per heavy atom. The number of halogens is 4. The van der Waals surface area contributed by atoms with Crippen LogP contribution in [0.4, 0.5) is 13.2 Å². The molecule has 1 aromatic heterocycles. The van der Waals surface area contributed by atoms with Gasteiger partial charge in [0, 0.05) is 43.0 Å². The topological polar surface area (TPSA) is 58.5 Å². The summed E-state index contributed by atoms with van der Waals surface area (Å²) < 4.78 is 42.4. The maximum Gasteiger partial charge on any atom is 0.573 e. The van der Waals surface area contributed by atoms with E-state index in [1.807, 2.05) is 5.38 Å². The Morgan fingerprint density at radius 2 is 2.07 bits per heavy atom. The molecule has 0 spiro atoms. The van der Waals surface area contributed by atoms with E-state index < -0.39 is 6.36 Å². The van der Waals surface area contributed by atoms with Gasteiger partial charge in [-0.15, -0.1) is 48.5 Å². The third-order valence-corrected chi connectivity index (χ3v) is 5.17. The Labute approximate surface area is 181 Å². The number of alkyl halides is 3. The number of rotatable bonds is 8. The number of guanidine groups is 1. The zero-order chi connectivity index (χ0) is 18.8. The molecule has 2 N–H and O–H groups in total. The highest BCUT2D eigenvalue weighted by molar-refractivity contribution is 14.0. The molecule has 0 bridgehead atoms. The number of aliphatic imine (C=N–C) groups is 1. The van der Waals surface area contributed by atoms with Gasteiger partial charge in [-0.1, -0.05) is 30.0 Å². The van der Waals surface area contributed by atoms with Crippen LogP contribution in [-0.4, -0.2) is 36.7 Å². The van der Waals surface area contributed by atoms with Crippen molar-refractivity contribution >= 4 is 53.0 Å². The Balaban J connectivity index is 0.00000364. The number of ether oxygens (including phenoxy) is 1. The molecule has 0 unspecified atom stereocenters. The van der Waals surface area contributed by atoms with Crippen LogP contribution in [0.15, 0.2) is 45.2 Å². The van der Waals surface area contributed by atoms with Crippen LogP contribution in [0.3, 0.4) is 0 Å². The second-order valence-corrected chi connectivity index (χ2v) is 7.24. The average molecular weight is 532 g/mol. The van der Waals surface area contributed by atoms with Crippen LogP contribution in [0.2, 0.25) is 0 Å². The van der Waals surface area contributed by atoms with Gasteiger partial charge in [0.25, 0.3) is 0 Å². The third kappa shape index (κ3) is 9.51. The number of aromatic nitrogens is 1. The number of nitrogens with one attached hydrogen (secondary N) is 2. The summed E-state index contributed by atoms with van der Waals surface area (Å²) in [7, 11) is 1.61. The fourth-order valence-corrected chi connectivity index (χ4v) is 3.64. The first kappa shape index (κ1) is 23.8. The van der Waals surface area contributed by atoms with Crippen LogP contribution in [0.25, 0.3) is 0 Å². The van der Waals surface area contributed by atoms with E-state index in [9.17, 15) is 13.2 Å². The molecule has 0 aliphatic carbocycles. The normalized spacial score (nSPS) is 11.6. The molecular weight excluding hydrogens is 512 g/mol. The number of thioether (sulfide) groups is 1. The Bertz CT molecular complexity index is 699. The molecule has 27 heavy (non-hydrogen) atoms. The van der Waals surface area contributed by atoms with Gasteiger partial charge in [-0.25, -0.2) is 4.98 Å². The molecule has 5 nitrogen and oxygen atoms in total. The van der Waals surface area contributed by atoms with Gasteiger partial charge in [0.2, 0.25) is 0 Å². The molecule has 0 saturated carbocycles. The molecule has 2 aromatic rings. The van der Waals surface area contributed by atoms with E-state index in [1.54, 1.807) is 48.5 Å². The zero-order valence-electron chi connectivity index (χ0n) is 14.5. The summed E-state index contributed by atoms with van der Waals surface area (Å²) in [5.74, 6) is 1.22. The smallest absolute Gasteiger partial charge is 0.405 e. The van der Waals surface area contributed by atoms with Gasteiger partial charge in [-0.3, -0.25) is 4.99 Å². The predicted octanol–water partition coefficient (Wildman–Crippen LogP) is 4.51. The molecule has 2 rings (SSSR count). The maximum absolute atomic E-state index is 12.4. The van der Waals surface area contributed by atoms with Crippen LogP contribution in [0.1, 0.15) is 12.0 Å². The van der Waals surface area contributed by atoms with E-state index in [-0.39, 0.29) is 36.3 Å². The fraction of sp³-hybridized carbons (Fsp3) is 0.375. The van der Waals surface area contributed by atoms with Crippen LogP contribution >= 0.6 is 47.1 Å². The second-order valence-electron chi connectivity index (χ2n) is 5.01. The van der Waals surface area contributed by atoms with Crippen LogP contribution in [0, 0.1) is 0 Å². The van der Waals surface area contributed by atoms with Crippen molar-refractivity contribution in [3.05, 3.63) is 41.4 Å². The van der Waals surface area contributed by atoms with E-state index in [0.29, 0.717) is 18.1 Å². The minimum atomic E-state index is -4.72. The van der Waals surface area contributed by atoms with Crippen LogP contribution in [0.5, 0.6) is 5.75 Å². The molecule has 0 aliphatic rings. The van der Waals surface area contributed by atoms with Crippen molar-refractivity contribution in [2.24, 2.45) is 4.99 Å². The highest BCUT2D eigenvalue weighted by Crippen LogP contribution is 2.26. The first-order valence-electron chi connectivity index (χ1n) is 7.78. The number of hydrogen-bond acceptors (Lipinski definition) is 5. The number of para-hydroxylation sites is 1. The van der Waals surface area contributed by atoms with Crippen molar-refractivity contribution in [3.63, 3.8) is 0 Å². The lowest BCUT2D eigenvalue weighted by molar-refractivity contribution is -0.274. The van der Waals surface area contributed by atoms with E-state index in [1.165, 1.54) is 12.1 Å². The summed E-state index contributed by atoms with van der Waals surface area (Å²) in [6, 6.07) is 6.02. The lowest BCUT2D eigenvalue weighted by Gasteiger charge is -2.15. The molecule has 150 valence electrons. The molecule has 0 radical (unpaired) electrons. The first-order valence-corrected chi connectivity index (χ1v) is 9.65. The third-order valence-electron chi connectivity index (χ3n) is 3.12. The standard InChI is InChI=1S/C16H19F3N4OS2.HI/c1-20-14(21-7-4-9-25-15-22-8-10-26-15)23-11-12-5-2-3-6-13(12)24-16(17,18)19;/h2-3,5-6,8,10H,4,7,9,11H2,1H3,(H2,20,21,23);1H. The molecule has 1 heterocycles. The Hall–Kier alpha value is -1.21. The maximum atomic E-state index is 12.4. The highest BCUT2D eigenvalue weighted by atomic mass is 127. The van der Waals surface area contributed by atoms with Crippen molar-refractivity contribution in [3.8, 4) is 5.75 Å². The van der Waals surface area contributed by atoms with Crippen molar-refractivity contribution in [1.29, 1.82) is 0 Å². The van der Waals surface area contributed by atoms with Gasteiger partial charge in [0.15, 0.2) is 5.96 Å². The van der Waals surface area contributed by atoms with E-state index in [4.69, 9.17) is 0 Å². The number of thiazole rings is 1. The quantitative estimate of drug-likeness (QED) is 0.172. The first-order chi connectivity index (χ1) is 12.5. The number of nitrogens with zero attached hydrogens (tertiary/aromatic N) is 2. The van der Waals surface area contributed by atoms with E-state index in [0.717, 1.165) is 16.5 Å². The molecule has 1 aromatic carbocycles. The summed E-state index contributed by atoms with van der Waals surface area (Å²) in [6.07, 6.45) is -2.04. The summed E-state index contributed by atoms with van der Waals surface area (Å²) in [5.41, 5.74) is 0.395. The van der Waals surface area contributed by atoms with Gasteiger partial charge in [-0.2, -0.15) is 0 Å². The lowest BCUT2D eigenvalue weighted by atomic mass is 10.2. The SMILES string of the molecule is CN=C(NCCCSc1nccs1)NCc1ccccc1OC(F)(F)F.I. The Morgan fingerprint density at radius 3 is 2.74 bits per heavy atom. The van der Waals surface area contributed by atoms with Crippen molar-refractivity contribution in [2.45, 2.75) is 23.7 Å².